The Kier molecular flexibility index (Phi) is 6.08. The SMILES string of the molecule is C=CC[n+]1ccccc1/C=C1\Sc2ccccc2N1CC.[I-]. The summed E-state index contributed by atoms with van der Waals surface area (Å²) in [5.41, 5.74) is 2.51. The van der Waals surface area contributed by atoms with E-state index in [0.29, 0.717) is 0 Å². The van der Waals surface area contributed by atoms with E-state index in [0.717, 1.165) is 13.1 Å². The number of allylic oxidation sites excluding steroid dienone is 1. The van der Waals surface area contributed by atoms with Gasteiger partial charge in [-0.2, -0.15) is 4.57 Å². The van der Waals surface area contributed by atoms with Crippen LogP contribution in [0.5, 0.6) is 0 Å². The first kappa shape index (κ1) is 17.1. The Hall–Kier alpha value is -1.27. The molecule has 0 radical (unpaired) electrons. The second kappa shape index (κ2) is 7.83. The topological polar surface area (TPSA) is 7.12 Å². The molecule has 22 heavy (non-hydrogen) atoms. The summed E-state index contributed by atoms with van der Waals surface area (Å²) in [5.74, 6) is 0. The van der Waals surface area contributed by atoms with Gasteiger partial charge < -0.3 is 28.9 Å². The van der Waals surface area contributed by atoms with Crippen molar-refractivity contribution >= 4 is 23.5 Å². The van der Waals surface area contributed by atoms with Gasteiger partial charge in [-0.1, -0.05) is 30.5 Å². The van der Waals surface area contributed by atoms with Crippen LogP contribution in [0, 0.1) is 0 Å². The van der Waals surface area contributed by atoms with Gasteiger partial charge in [-0.25, -0.2) is 0 Å². The summed E-state index contributed by atoms with van der Waals surface area (Å²) in [6.45, 7) is 7.83. The Bertz CT molecular complexity index is 697. The molecule has 2 nitrogen and oxygen atoms in total. The molecule has 1 aliphatic rings. The number of pyridine rings is 1. The largest absolute Gasteiger partial charge is 1.00 e. The molecule has 1 aromatic carbocycles. The Morgan fingerprint density at radius 2 is 1.95 bits per heavy atom. The quantitative estimate of drug-likeness (QED) is 0.414. The van der Waals surface area contributed by atoms with E-state index in [9.17, 15) is 0 Å². The summed E-state index contributed by atoms with van der Waals surface area (Å²) in [6.07, 6.45) is 6.28. The summed E-state index contributed by atoms with van der Waals surface area (Å²) in [4.78, 5) is 3.70. The Labute approximate surface area is 153 Å². The van der Waals surface area contributed by atoms with Crippen LogP contribution in [0.25, 0.3) is 6.08 Å². The number of nitrogens with zero attached hydrogens (tertiary/aromatic N) is 2. The number of hydrogen-bond donors (Lipinski definition) is 0. The number of rotatable bonds is 4. The highest BCUT2D eigenvalue weighted by Crippen LogP contribution is 2.45. The van der Waals surface area contributed by atoms with Crippen LogP contribution in [0.2, 0.25) is 0 Å². The molecule has 0 spiro atoms. The lowest BCUT2D eigenvalue weighted by Crippen LogP contribution is -3.00. The number of anilines is 1. The zero-order chi connectivity index (χ0) is 14.7. The maximum atomic E-state index is 3.84. The molecule has 0 N–H and O–H groups in total. The number of hydrogen-bond acceptors (Lipinski definition) is 2. The Morgan fingerprint density at radius 3 is 2.73 bits per heavy atom. The molecular weight excluding hydrogens is 403 g/mol. The molecule has 0 saturated carbocycles. The van der Waals surface area contributed by atoms with Gasteiger partial charge in [0.15, 0.2) is 12.7 Å². The van der Waals surface area contributed by atoms with Gasteiger partial charge in [-0.15, -0.1) is 0 Å². The van der Waals surface area contributed by atoms with E-state index >= 15 is 0 Å². The van der Waals surface area contributed by atoms with Crippen LogP contribution in [-0.4, -0.2) is 6.54 Å². The highest BCUT2D eigenvalue weighted by atomic mass is 127. The molecule has 114 valence electrons. The van der Waals surface area contributed by atoms with Gasteiger partial charge in [-0.05, 0) is 31.2 Å². The van der Waals surface area contributed by atoms with E-state index in [4.69, 9.17) is 0 Å². The van der Waals surface area contributed by atoms with Crippen LogP contribution in [0.4, 0.5) is 5.69 Å². The lowest BCUT2D eigenvalue weighted by atomic mass is 10.3. The molecule has 0 aliphatic carbocycles. The number of halogens is 1. The fourth-order valence-electron chi connectivity index (χ4n) is 2.54. The van der Waals surface area contributed by atoms with Gasteiger partial charge in [0.05, 0.1) is 10.7 Å². The minimum absolute atomic E-state index is 0. The van der Waals surface area contributed by atoms with Gasteiger partial charge in [0, 0.05) is 29.6 Å². The van der Waals surface area contributed by atoms with E-state index in [1.807, 2.05) is 17.8 Å². The van der Waals surface area contributed by atoms with E-state index in [-0.39, 0.29) is 24.0 Å². The highest BCUT2D eigenvalue weighted by molar-refractivity contribution is 8.03. The standard InChI is InChI=1S/C18H19N2S.HI/c1-3-12-19-13-8-7-9-15(19)14-18-20(4-2)16-10-5-6-11-17(16)21-18;/h3,5-11,13-14H,1,4,12H2,2H3;1H/q+1;/p-1. The lowest BCUT2D eigenvalue weighted by Gasteiger charge is -2.17. The first-order valence-electron chi connectivity index (χ1n) is 7.19. The third-order valence-corrected chi connectivity index (χ3v) is 4.64. The van der Waals surface area contributed by atoms with Crippen LogP contribution >= 0.6 is 11.8 Å². The van der Waals surface area contributed by atoms with Crippen molar-refractivity contribution in [3.63, 3.8) is 0 Å². The predicted molar refractivity (Wildman–Crippen MR) is 90.1 cm³/mol. The maximum Gasteiger partial charge on any atom is 0.208 e. The van der Waals surface area contributed by atoms with Crippen LogP contribution < -0.4 is 33.4 Å². The monoisotopic (exact) mass is 422 g/mol. The van der Waals surface area contributed by atoms with E-state index < -0.39 is 0 Å². The average Bonchev–Trinajstić information content (AvgIpc) is 2.86. The summed E-state index contributed by atoms with van der Waals surface area (Å²) in [5, 5.41) is 1.28. The molecule has 2 heterocycles. The van der Waals surface area contributed by atoms with Crippen molar-refractivity contribution in [2.75, 3.05) is 11.4 Å². The minimum atomic E-state index is 0. The first-order chi connectivity index (χ1) is 10.3. The maximum absolute atomic E-state index is 3.84. The van der Waals surface area contributed by atoms with Gasteiger partial charge in [0.25, 0.3) is 0 Å². The van der Waals surface area contributed by atoms with Gasteiger partial charge in [0.1, 0.15) is 0 Å². The molecule has 1 aromatic heterocycles. The molecule has 4 heteroatoms. The molecule has 0 amide bonds. The van der Waals surface area contributed by atoms with E-state index in [1.54, 1.807) is 0 Å². The first-order valence-corrected chi connectivity index (χ1v) is 8.00. The van der Waals surface area contributed by atoms with Crippen molar-refractivity contribution in [1.29, 1.82) is 0 Å². The predicted octanol–water partition coefficient (Wildman–Crippen LogP) is 1.09. The summed E-state index contributed by atoms with van der Waals surface area (Å²) in [6, 6.07) is 14.9. The van der Waals surface area contributed by atoms with Crippen molar-refractivity contribution in [1.82, 2.24) is 0 Å². The number of benzene rings is 1. The molecule has 2 aromatic rings. The molecule has 0 saturated heterocycles. The minimum Gasteiger partial charge on any atom is -1.00 e. The molecule has 1 aliphatic heterocycles. The zero-order valence-electron chi connectivity index (χ0n) is 12.6. The van der Waals surface area contributed by atoms with Crippen molar-refractivity contribution in [2.24, 2.45) is 0 Å². The van der Waals surface area contributed by atoms with Crippen LogP contribution in [0.15, 0.2) is 71.2 Å². The normalized spacial score (nSPS) is 14.6. The second-order valence-corrected chi connectivity index (χ2v) is 5.93. The molecule has 0 unspecified atom stereocenters. The Balaban J connectivity index is 0.00000176. The fourth-order valence-corrected chi connectivity index (χ4v) is 3.71. The van der Waals surface area contributed by atoms with Crippen molar-refractivity contribution in [2.45, 2.75) is 18.4 Å². The second-order valence-electron chi connectivity index (χ2n) is 4.86. The van der Waals surface area contributed by atoms with E-state index in [2.05, 4.69) is 77.7 Å². The summed E-state index contributed by atoms with van der Waals surface area (Å²) in [7, 11) is 0. The third-order valence-electron chi connectivity index (χ3n) is 3.53. The smallest absolute Gasteiger partial charge is 0.208 e. The zero-order valence-corrected chi connectivity index (χ0v) is 15.5. The molecule has 0 atom stereocenters. The van der Waals surface area contributed by atoms with Crippen LogP contribution in [0.1, 0.15) is 12.6 Å². The molecule has 3 rings (SSSR count). The average molecular weight is 422 g/mol. The molecular formula is C18H19IN2S. The van der Waals surface area contributed by atoms with E-state index in [1.165, 1.54) is 21.3 Å². The number of fused-ring (bicyclic) bond motifs is 1. The van der Waals surface area contributed by atoms with Gasteiger partial charge in [-0.3, -0.25) is 0 Å². The number of aromatic nitrogens is 1. The third kappa shape index (κ3) is 3.38. The summed E-state index contributed by atoms with van der Waals surface area (Å²) < 4.78 is 2.21. The fraction of sp³-hybridized carbons (Fsp3) is 0.167. The van der Waals surface area contributed by atoms with Crippen molar-refractivity contribution < 1.29 is 28.5 Å². The summed E-state index contributed by atoms with van der Waals surface area (Å²) >= 11 is 1.84. The number of thioether (sulfide) groups is 1. The lowest BCUT2D eigenvalue weighted by molar-refractivity contribution is -0.688. The Morgan fingerprint density at radius 1 is 1.18 bits per heavy atom. The molecule has 0 fully saturated rings. The van der Waals surface area contributed by atoms with Crippen LogP contribution in [-0.2, 0) is 6.54 Å². The van der Waals surface area contributed by atoms with Gasteiger partial charge >= 0.3 is 0 Å². The van der Waals surface area contributed by atoms with Crippen molar-refractivity contribution in [3.05, 3.63) is 72.0 Å². The molecule has 0 bridgehead atoms. The van der Waals surface area contributed by atoms with Crippen LogP contribution in [0.3, 0.4) is 0 Å². The number of para-hydroxylation sites is 1. The van der Waals surface area contributed by atoms with Gasteiger partial charge in [0.2, 0.25) is 5.69 Å². The highest BCUT2D eigenvalue weighted by Gasteiger charge is 2.24. The van der Waals surface area contributed by atoms with Crippen molar-refractivity contribution in [3.8, 4) is 0 Å².